The van der Waals surface area contributed by atoms with Crippen molar-refractivity contribution in [3.63, 3.8) is 0 Å². The zero-order valence-electron chi connectivity index (χ0n) is 13.8. The van der Waals surface area contributed by atoms with Crippen LogP contribution in [0.15, 0.2) is 18.2 Å². The van der Waals surface area contributed by atoms with Gasteiger partial charge in [0.2, 0.25) is 0 Å². The molecule has 124 valence electrons. The minimum absolute atomic E-state index is 0. The third-order valence-corrected chi connectivity index (χ3v) is 4.45. The Morgan fingerprint density at radius 2 is 2.09 bits per heavy atom. The number of carbonyl (C=O) groups is 1. The van der Waals surface area contributed by atoms with Gasteiger partial charge in [-0.25, -0.2) is 0 Å². The first-order chi connectivity index (χ1) is 9.93. The van der Waals surface area contributed by atoms with Crippen molar-refractivity contribution in [3.8, 4) is 0 Å². The number of nitrogens with two attached hydrogens (primary N) is 1. The Morgan fingerprint density at radius 3 is 2.64 bits per heavy atom. The van der Waals surface area contributed by atoms with Crippen LogP contribution in [0, 0.1) is 13.8 Å². The van der Waals surface area contributed by atoms with Crippen LogP contribution in [0.2, 0.25) is 0 Å². The number of aryl methyl sites for hydroxylation is 2. The quantitative estimate of drug-likeness (QED) is 0.925. The van der Waals surface area contributed by atoms with Gasteiger partial charge in [0.1, 0.15) is 6.10 Å². The molecule has 1 heterocycles. The predicted octanol–water partition coefficient (Wildman–Crippen LogP) is 2.75. The Kier molecular flexibility index (Phi) is 6.85. The van der Waals surface area contributed by atoms with E-state index in [-0.39, 0.29) is 36.6 Å². The first-order valence-corrected chi connectivity index (χ1v) is 7.63. The van der Waals surface area contributed by atoms with Gasteiger partial charge in [0, 0.05) is 13.6 Å². The molecular weight excluding hydrogens is 300 g/mol. The summed E-state index contributed by atoms with van der Waals surface area (Å²) in [6.45, 7) is 6.72. The number of hydrogen-bond donors (Lipinski definition) is 1. The van der Waals surface area contributed by atoms with Crippen molar-refractivity contribution < 1.29 is 9.53 Å². The SMILES string of the molecule is Cc1ccc(C(C)N(C)C(=O)[C@@H]2CC[C@H](CN)O2)c(C)c1.Cl. The number of benzene rings is 1. The van der Waals surface area contributed by atoms with E-state index in [9.17, 15) is 4.79 Å². The first kappa shape index (κ1) is 18.9. The molecule has 0 bridgehead atoms. The summed E-state index contributed by atoms with van der Waals surface area (Å²) < 4.78 is 5.71. The maximum atomic E-state index is 12.6. The van der Waals surface area contributed by atoms with Crippen molar-refractivity contribution in [2.75, 3.05) is 13.6 Å². The molecule has 5 heteroatoms. The molecule has 0 spiro atoms. The fraction of sp³-hybridized carbons (Fsp3) is 0.588. The Bertz CT molecular complexity index is 521. The third-order valence-electron chi connectivity index (χ3n) is 4.45. The number of amides is 1. The number of hydrogen-bond acceptors (Lipinski definition) is 3. The molecule has 4 nitrogen and oxygen atoms in total. The van der Waals surface area contributed by atoms with E-state index in [0.717, 1.165) is 12.8 Å². The van der Waals surface area contributed by atoms with E-state index in [0.29, 0.717) is 6.54 Å². The van der Waals surface area contributed by atoms with Crippen molar-refractivity contribution in [2.24, 2.45) is 5.73 Å². The molecule has 3 atom stereocenters. The van der Waals surface area contributed by atoms with Crippen molar-refractivity contribution in [3.05, 3.63) is 34.9 Å². The summed E-state index contributed by atoms with van der Waals surface area (Å²) in [7, 11) is 1.85. The Labute approximate surface area is 139 Å². The lowest BCUT2D eigenvalue weighted by Gasteiger charge is -2.29. The van der Waals surface area contributed by atoms with Gasteiger partial charge in [-0.1, -0.05) is 23.8 Å². The van der Waals surface area contributed by atoms with Gasteiger partial charge in [0.25, 0.3) is 5.91 Å². The van der Waals surface area contributed by atoms with Gasteiger partial charge in [-0.05, 0) is 44.7 Å². The number of halogens is 1. The monoisotopic (exact) mass is 326 g/mol. The van der Waals surface area contributed by atoms with E-state index in [4.69, 9.17) is 10.5 Å². The molecule has 1 aliphatic rings. The smallest absolute Gasteiger partial charge is 0.251 e. The van der Waals surface area contributed by atoms with Crippen LogP contribution in [0.1, 0.15) is 42.5 Å². The average molecular weight is 327 g/mol. The molecule has 2 rings (SSSR count). The molecule has 1 aliphatic heterocycles. The van der Waals surface area contributed by atoms with Crippen LogP contribution in [0.4, 0.5) is 0 Å². The van der Waals surface area contributed by atoms with E-state index in [1.807, 2.05) is 7.05 Å². The maximum Gasteiger partial charge on any atom is 0.251 e. The first-order valence-electron chi connectivity index (χ1n) is 7.63. The second-order valence-electron chi connectivity index (χ2n) is 6.04. The zero-order valence-corrected chi connectivity index (χ0v) is 14.7. The lowest BCUT2D eigenvalue weighted by molar-refractivity contribution is -0.143. The molecule has 0 aliphatic carbocycles. The molecule has 1 aromatic rings. The van der Waals surface area contributed by atoms with E-state index in [1.165, 1.54) is 16.7 Å². The molecule has 0 aromatic heterocycles. The highest BCUT2D eigenvalue weighted by Crippen LogP contribution is 2.27. The Balaban J connectivity index is 0.00000242. The van der Waals surface area contributed by atoms with Gasteiger partial charge in [-0.2, -0.15) is 0 Å². The summed E-state index contributed by atoms with van der Waals surface area (Å²) in [5, 5.41) is 0. The summed E-state index contributed by atoms with van der Waals surface area (Å²) in [4.78, 5) is 14.4. The number of carbonyl (C=O) groups excluding carboxylic acids is 1. The van der Waals surface area contributed by atoms with Crippen LogP contribution in [0.3, 0.4) is 0 Å². The molecule has 2 N–H and O–H groups in total. The lowest BCUT2D eigenvalue weighted by Crippen LogP contribution is -2.38. The summed E-state index contributed by atoms with van der Waals surface area (Å²) in [5.41, 5.74) is 9.25. The molecule has 1 fully saturated rings. The van der Waals surface area contributed by atoms with Crippen LogP contribution in [0.5, 0.6) is 0 Å². The van der Waals surface area contributed by atoms with Gasteiger partial charge < -0.3 is 15.4 Å². The van der Waals surface area contributed by atoms with Crippen LogP contribution < -0.4 is 5.73 Å². The molecule has 1 aromatic carbocycles. The van der Waals surface area contributed by atoms with Gasteiger partial charge in [-0.3, -0.25) is 4.79 Å². The minimum Gasteiger partial charge on any atom is -0.364 e. The van der Waals surface area contributed by atoms with Gasteiger partial charge in [0.05, 0.1) is 12.1 Å². The predicted molar refractivity (Wildman–Crippen MR) is 91.3 cm³/mol. The van der Waals surface area contributed by atoms with Crippen LogP contribution >= 0.6 is 12.4 Å². The fourth-order valence-electron chi connectivity index (χ4n) is 2.98. The largest absolute Gasteiger partial charge is 0.364 e. The molecule has 1 saturated heterocycles. The second-order valence-corrected chi connectivity index (χ2v) is 6.04. The topological polar surface area (TPSA) is 55.6 Å². The summed E-state index contributed by atoms with van der Waals surface area (Å²) >= 11 is 0. The van der Waals surface area contributed by atoms with Crippen molar-refractivity contribution in [1.29, 1.82) is 0 Å². The van der Waals surface area contributed by atoms with Crippen molar-refractivity contribution >= 4 is 18.3 Å². The number of nitrogens with zero attached hydrogens (tertiary/aromatic N) is 1. The summed E-state index contributed by atoms with van der Waals surface area (Å²) in [6, 6.07) is 6.39. The molecule has 0 radical (unpaired) electrons. The number of likely N-dealkylation sites (N-methyl/N-ethyl adjacent to an activating group) is 1. The van der Waals surface area contributed by atoms with Gasteiger partial charge >= 0.3 is 0 Å². The Morgan fingerprint density at radius 1 is 1.41 bits per heavy atom. The molecule has 22 heavy (non-hydrogen) atoms. The second kappa shape index (κ2) is 7.95. The van der Waals surface area contributed by atoms with E-state index in [2.05, 4.69) is 39.0 Å². The summed E-state index contributed by atoms with van der Waals surface area (Å²) in [6.07, 6.45) is 1.34. The van der Waals surface area contributed by atoms with Gasteiger partial charge in [-0.15, -0.1) is 12.4 Å². The third kappa shape index (κ3) is 4.00. The normalized spacial score (nSPS) is 22.0. The fourth-order valence-corrected chi connectivity index (χ4v) is 2.98. The standard InChI is InChI=1S/C17H26N2O2.ClH/c1-11-5-7-15(12(2)9-11)13(3)19(4)17(20)16-8-6-14(10-18)21-16;/h5,7,9,13-14,16H,6,8,10,18H2,1-4H3;1H/t13?,14-,16+;/m1./s1. The van der Waals surface area contributed by atoms with Crippen LogP contribution in [0.25, 0.3) is 0 Å². The van der Waals surface area contributed by atoms with Crippen LogP contribution in [-0.4, -0.2) is 36.6 Å². The van der Waals surface area contributed by atoms with Crippen LogP contribution in [-0.2, 0) is 9.53 Å². The molecule has 1 amide bonds. The Hall–Kier alpha value is -1.10. The highest BCUT2D eigenvalue weighted by molar-refractivity contribution is 5.85. The molecule has 0 saturated carbocycles. The highest BCUT2D eigenvalue weighted by Gasteiger charge is 2.33. The summed E-state index contributed by atoms with van der Waals surface area (Å²) in [5.74, 6) is 0.0541. The molecular formula is C17H27ClN2O2. The van der Waals surface area contributed by atoms with E-state index in [1.54, 1.807) is 4.90 Å². The highest BCUT2D eigenvalue weighted by atomic mass is 35.5. The maximum absolute atomic E-state index is 12.6. The minimum atomic E-state index is -0.336. The lowest BCUT2D eigenvalue weighted by atomic mass is 9.99. The zero-order chi connectivity index (χ0) is 15.6. The van der Waals surface area contributed by atoms with Crippen molar-refractivity contribution in [1.82, 2.24) is 4.90 Å². The number of ether oxygens (including phenoxy) is 1. The number of rotatable bonds is 4. The molecule has 1 unspecified atom stereocenters. The van der Waals surface area contributed by atoms with E-state index < -0.39 is 0 Å². The van der Waals surface area contributed by atoms with E-state index >= 15 is 0 Å². The van der Waals surface area contributed by atoms with Crippen molar-refractivity contribution in [2.45, 2.75) is 51.9 Å². The average Bonchev–Trinajstić information content (AvgIpc) is 2.94. The van der Waals surface area contributed by atoms with Gasteiger partial charge in [0.15, 0.2) is 0 Å².